The van der Waals surface area contributed by atoms with Gasteiger partial charge >= 0.3 is 6.03 Å². The van der Waals surface area contributed by atoms with Gasteiger partial charge in [-0.05, 0) is 42.5 Å². The van der Waals surface area contributed by atoms with Crippen LogP contribution < -0.4 is 10.6 Å². The number of H-pyrrole nitrogens is 1. The maximum Gasteiger partial charge on any atom is 0.324 e. The highest BCUT2D eigenvalue weighted by Crippen LogP contribution is 2.28. The molecule has 0 radical (unpaired) electrons. The Morgan fingerprint density at radius 1 is 1.04 bits per heavy atom. The zero-order chi connectivity index (χ0) is 17.9. The third-order valence-corrected chi connectivity index (χ3v) is 3.74. The summed E-state index contributed by atoms with van der Waals surface area (Å²) in [6.45, 7) is 0. The second-order valence-corrected chi connectivity index (χ2v) is 5.51. The summed E-state index contributed by atoms with van der Waals surface area (Å²) in [7, 11) is 0. The van der Waals surface area contributed by atoms with E-state index in [1.807, 2.05) is 6.07 Å². The molecule has 8 heteroatoms. The van der Waals surface area contributed by atoms with Crippen molar-refractivity contribution in [3.8, 4) is 11.3 Å². The van der Waals surface area contributed by atoms with Crippen LogP contribution in [0.15, 0.2) is 61.1 Å². The quantitative estimate of drug-likeness (QED) is 0.525. The SMILES string of the molecule is O=C(Nc1ccc2[nH]nc(-c3ccc(F)cc3)c2c1)Nc1cnccn1. The Labute approximate surface area is 147 Å². The van der Waals surface area contributed by atoms with Gasteiger partial charge in [-0.25, -0.2) is 14.2 Å². The first-order valence-corrected chi connectivity index (χ1v) is 7.77. The number of nitrogens with zero attached hydrogens (tertiary/aromatic N) is 3. The van der Waals surface area contributed by atoms with Gasteiger partial charge < -0.3 is 5.32 Å². The predicted molar refractivity (Wildman–Crippen MR) is 96.2 cm³/mol. The third kappa shape index (κ3) is 3.20. The molecule has 2 amide bonds. The van der Waals surface area contributed by atoms with Gasteiger partial charge in [0.2, 0.25) is 0 Å². The number of amides is 2. The monoisotopic (exact) mass is 348 g/mol. The lowest BCUT2D eigenvalue weighted by molar-refractivity contribution is 0.262. The van der Waals surface area contributed by atoms with E-state index in [1.165, 1.54) is 30.7 Å². The molecule has 0 bridgehead atoms. The van der Waals surface area contributed by atoms with Crippen LogP contribution >= 0.6 is 0 Å². The van der Waals surface area contributed by atoms with Crippen molar-refractivity contribution in [2.45, 2.75) is 0 Å². The Kier molecular flexibility index (Phi) is 3.98. The van der Waals surface area contributed by atoms with E-state index < -0.39 is 6.03 Å². The molecule has 2 heterocycles. The van der Waals surface area contributed by atoms with Gasteiger partial charge in [-0.15, -0.1) is 0 Å². The number of aromatic amines is 1. The fourth-order valence-corrected chi connectivity index (χ4v) is 2.56. The van der Waals surface area contributed by atoms with Crippen LogP contribution in [0.1, 0.15) is 0 Å². The molecule has 2 aromatic carbocycles. The third-order valence-electron chi connectivity index (χ3n) is 3.74. The maximum absolute atomic E-state index is 13.1. The number of halogens is 1. The van der Waals surface area contributed by atoms with E-state index in [0.717, 1.165) is 16.5 Å². The lowest BCUT2D eigenvalue weighted by atomic mass is 10.1. The van der Waals surface area contributed by atoms with Crippen LogP contribution in [-0.4, -0.2) is 26.2 Å². The highest BCUT2D eigenvalue weighted by atomic mass is 19.1. The Bertz CT molecular complexity index is 1060. The summed E-state index contributed by atoms with van der Waals surface area (Å²) < 4.78 is 13.1. The molecule has 0 aliphatic rings. The van der Waals surface area contributed by atoms with Gasteiger partial charge in [0.15, 0.2) is 5.82 Å². The zero-order valence-corrected chi connectivity index (χ0v) is 13.4. The van der Waals surface area contributed by atoms with Gasteiger partial charge in [0.25, 0.3) is 0 Å². The van der Waals surface area contributed by atoms with E-state index >= 15 is 0 Å². The van der Waals surface area contributed by atoms with E-state index in [1.54, 1.807) is 24.3 Å². The van der Waals surface area contributed by atoms with Crippen molar-refractivity contribution in [1.82, 2.24) is 20.2 Å². The van der Waals surface area contributed by atoms with Crippen molar-refractivity contribution < 1.29 is 9.18 Å². The number of fused-ring (bicyclic) bond motifs is 1. The molecular formula is C18H13FN6O. The van der Waals surface area contributed by atoms with E-state index in [9.17, 15) is 9.18 Å². The minimum absolute atomic E-state index is 0.309. The minimum atomic E-state index is -0.434. The molecule has 7 nitrogen and oxygen atoms in total. The molecule has 0 saturated heterocycles. The molecule has 0 aliphatic heterocycles. The fraction of sp³-hybridized carbons (Fsp3) is 0. The summed E-state index contributed by atoms with van der Waals surface area (Å²) in [4.78, 5) is 20.0. The van der Waals surface area contributed by atoms with Gasteiger partial charge in [-0.3, -0.25) is 15.4 Å². The Morgan fingerprint density at radius 3 is 2.65 bits per heavy atom. The number of aromatic nitrogens is 4. The maximum atomic E-state index is 13.1. The molecule has 0 spiro atoms. The lowest BCUT2D eigenvalue weighted by Gasteiger charge is -2.07. The van der Waals surface area contributed by atoms with Crippen LogP contribution in [0.4, 0.5) is 20.7 Å². The Hall–Kier alpha value is -3.81. The van der Waals surface area contributed by atoms with Crippen LogP contribution in [0, 0.1) is 5.82 Å². The van der Waals surface area contributed by atoms with Crippen molar-refractivity contribution in [2.24, 2.45) is 0 Å². The summed E-state index contributed by atoms with van der Waals surface area (Å²) in [5, 5.41) is 13.4. The second kappa shape index (κ2) is 6.60. The van der Waals surface area contributed by atoms with E-state index in [0.29, 0.717) is 17.2 Å². The van der Waals surface area contributed by atoms with Gasteiger partial charge in [0, 0.05) is 29.0 Å². The van der Waals surface area contributed by atoms with E-state index in [2.05, 4.69) is 30.8 Å². The molecule has 26 heavy (non-hydrogen) atoms. The number of benzene rings is 2. The van der Waals surface area contributed by atoms with Gasteiger partial charge in [-0.1, -0.05) is 0 Å². The lowest BCUT2D eigenvalue weighted by Crippen LogP contribution is -2.20. The number of anilines is 2. The average molecular weight is 348 g/mol. The van der Waals surface area contributed by atoms with Crippen molar-refractivity contribution in [1.29, 1.82) is 0 Å². The highest BCUT2D eigenvalue weighted by molar-refractivity contribution is 6.02. The normalized spacial score (nSPS) is 10.7. The van der Waals surface area contributed by atoms with Crippen molar-refractivity contribution in [2.75, 3.05) is 10.6 Å². The molecule has 4 rings (SSSR count). The molecule has 0 saturated carbocycles. The van der Waals surface area contributed by atoms with E-state index in [-0.39, 0.29) is 5.82 Å². The molecule has 4 aromatic rings. The molecule has 128 valence electrons. The topological polar surface area (TPSA) is 95.6 Å². The smallest absolute Gasteiger partial charge is 0.308 e. The van der Waals surface area contributed by atoms with E-state index in [4.69, 9.17) is 0 Å². The minimum Gasteiger partial charge on any atom is -0.308 e. The molecule has 0 atom stereocenters. The largest absolute Gasteiger partial charge is 0.324 e. The first kappa shape index (κ1) is 15.7. The summed E-state index contributed by atoms with van der Waals surface area (Å²) in [5.41, 5.74) is 2.85. The molecule has 3 N–H and O–H groups in total. The number of hydrogen-bond donors (Lipinski definition) is 3. The van der Waals surface area contributed by atoms with Crippen molar-refractivity contribution in [3.63, 3.8) is 0 Å². The number of nitrogens with one attached hydrogen (secondary N) is 3. The van der Waals surface area contributed by atoms with Crippen molar-refractivity contribution in [3.05, 3.63) is 66.9 Å². The van der Waals surface area contributed by atoms with Gasteiger partial charge in [0.1, 0.15) is 5.82 Å². The number of urea groups is 1. The zero-order valence-electron chi connectivity index (χ0n) is 13.4. The van der Waals surface area contributed by atoms with Crippen LogP contribution in [-0.2, 0) is 0 Å². The van der Waals surface area contributed by atoms with Crippen LogP contribution in [0.25, 0.3) is 22.2 Å². The van der Waals surface area contributed by atoms with Gasteiger partial charge in [-0.2, -0.15) is 5.10 Å². The van der Waals surface area contributed by atoms with Gasteiger partial charge in [0.05, 0.1) is 17.4 Å². The first-order valence-electron chi connectivity index (χ1n) is 7.77. The fourth-order valence-electron chi connectivity index (χ4n) is 2.56. The number of carbonyl (C=O) groups is 1. The van der Waals surface area contributed by atoms with Crippen LogP contribution in [0.3, 0.4) is 0 Å². The standard InChI is InChI=1S/C18H13FN6O/c19-12-3-1-11(2-4-12)17-14-9-13(5-6-15(14)24-25-17)22-18(26)23-16-10-20-7-8-21-16/h1-10H,(H,24,25)(H2,21,22,23,26). The summed E-state index contributed by atoms with van der Waals surface area (Å²) in [6, 6.07) is 11.0. The van der Waals surface area contributed by atoms with Crippen LogP contribution in [0.2, 0.25) is 0 Å². The van der Waals surface area contributed by atoms with Crippen LogP contribution in [0.5, 0.6) is 0 Å². The Morgan fingerprint density at radius 2 is 1.88 bits per heavy atom. The Balaban J connectivity index is 1.59. The first-order chi connectivity index (χ1) is 12.7. The molecule has 2 aromatic heterocycles. The number of carbonyl (C=O) groups excluding carboxylic acids is 1. The molecule has 0 fully saturated rings. The van der Waals surface area contributed by atoms with Crippen molar-refractivity contribution >= 4 is 28.4 Å². The predicted octanol–water partition coefficient (Wildman–Crippen LogP) is 3.80. The molecule has 0 aliphatic carbocycles. The summed E-state index contributed by atoms with van der Waals surface area (Å²) in [5.74, 6) is 0.0398. The average Bonchev–Trinajstić information content (AvgIpc) is 3.06. The number of hydrogen-bond acceptors (Lipinski definition) is 4. The summed E-state index contributed by atoms with van der Waals surface area (Å²) in [6.07, 6.45) is 4.46. The second-order valence-electron chi connectivity index (χ2n) is 5.51. The molecular weight excluding hydrogens is 335 g/mol. The highest BCUT2D eigenvalue weighted by Gasteiger charge is 2.10. The molecule has 0 unspecified atom stereocenters. The number of rotatable bonds is 3. The summed E-state index contributed by atoms with van der Waals surface area (Å²) >= 11 is 0.